The normalized spacial score (nSPS) is 39.7. The first-order valence-corrected chi connectivity index (χ1v) is 4.78. The van der Waals surface area contributed by atoms with Gasteiger partial charge in [-0.2, -0.15) is 0 Å². The summed E-state index contributed by atoms with van der Waals surface area (Å²) in [5.74, 6) is 0.0219. The van der Waals surface area contributed by atoms with E-state index >= 15 is 0 Å². The largest absolute Gasteiger partial charge is 0.347 e. The van der Waals surface area contributed by atoms with Crippen molar-refractivity contribution >= 4 is 23.2 Å². The molecule has 0 aromatic carbocycles. The highest BCUT2D eigenvalue weighted by Crippen LogP contribution is 2.27. The zero-order valence-corrected chi connectivity index (χ0v) is 8.57. The molecule has 1 spiro atoms. The van der Waals surface area contributed by atoms with Crippen molar-refractivity contribution in [2.75, 3.05) is 13.6 Å². The highest BCUT2D eigenvalue weighted by Gasteiger charge is 2.50. The van der Waals surface area contributed by atoms with E-state index in [9.17, 15) is 4.79 Å². The second-order valence-corrected chi connectivity index (χ2v) is 4.37. The Labute approximate surface area is 82.7 Å². The molecule has 0 bridgehead atoms. The Balaban J connectivity index is 2.23. The maximum atomic E-state index is 11.6. The minimum absolute atomic E-state index is 0.0219. The lowest BCUT2D eigenvalue weighted by Gasteiger charge is -2.19. The van der Waals surface area contributed by atoms with Gasteiger partial charge in [0.25, 0.3) is 5.91 Å². The molecule has 2 aliphatic heterocycles. The highest BCUT2D eigenvalue weighted by atomic mass is 32.1. The predicted molar refractivity (Wildman–Crippen MR) is 53.3 cm³/mol. The Morgan fingerprint density at radius 3 is 2.77 bits per heavy atom. The molecule has 0 saturated carbocycles. The van der Waals surface area contributed by atoms with E-state index in [-0.39, 0.29) is 5.91 Å². The molecule has 2 unspecified atom stereocenters. The summed E-state index contributed by atoms with van der Waals surface area (Å²) in [6.07, 6.45) is 0.829. The first-order valence-electron chi connectivity index (χ1n) is 4.37. The zero-order valence-electron chi connectivity index (χ0n) is 7.76. The van der Waals surface area contributed by atoms with E-state index in [1.54, 1.807) is 0 Å². The second kappa shape index (κ2) is 2.65. The fourth-order valence-electron chi connectivity index (χ4n) is 2.09. The summed E-state index contributed by atoms with van der Waals surface area (Å²) in [7, 11) is 2.02. The molecule has 72 valence electrons. The van der Waals surface area contributed by atoms with Gasteiger partial charge < -0.3 is 15.5 Å². The van der Waals surface area contributed by atoms with Crippen LogP contribution in [0, 0.1) is 0 Å². The molecule has 0 aromatic rings. The average Bonchev–Trinajstić information content (AvgIpc) is 2.40. The minimum Gasteiger partial charge on any atom is -0.347 e. The topological polar surface area (TPSA) is 44.4 Å². The van der Waals surface area contributed by atoms with Gasteiger partial charge in [-0.15, -0.1) is 0 Å². The summed E-state index contributed by atoms with van der Waals surface area (Å²) in [5.41, 5.74) is -0.453. The number of carbonyl (C=O) groups excluding carboxylic acids is 1. The van der Waals surface area contributed by atoms with Crippen LogP contribution in [-0.2, 0) is 4.79 Å². The van der Waals surface area contributed by atoms with E-state index in [1.165, 1.54) is 0 Å². The Kier molecular flexibility index (Phi) is 1.82. The van der Waals surface area contributed by atoms with E-state index in [0.29, 0.717) is 11.2 Å². The van der Waals surface area contributed by atoms with Crippen molar-refractivity contribution < 1.29 is 4.79 Å². The van der Waals surface area contributed by atoms with E-state index in [0.717, 1.165) is 13.0 Å². The number of hydrogen-bond donors (Lipinski definition) is 2. The van der Waals surface area contributed by atoms with Gasteiger partial charge in [-0.25, -0.2) is 0 Å². The Bertz CT molecular complexity index is 269. The Morgan fingerprint density at radius 2 is 2.38 bits per heavy atom. The quantitative estimate of drug-likeness (QED) is 0.514. The summed E-state index contributed by atoms with van der Waals surface area (Å²) in [5, 5.41) is 6.18. The summed E-state index contributed by atoms with van der Waals surface area (Å²) >= 11 is 4.92. The highest BCUT2D eigenvalue weighted by molar-refractivity contribution is 7.80. The van der Waals surface area contributed by atoms with Gasteiger partial charge in [0.05, 0.1) is 0 Å². The summed E-state index contributed by atoms with van der Waals surface area (Å²) < 4.78 is 0. The molecule has 2 saturated heterocycles. The van der Waals surface area contributed by atoms with Crippen LogP contribution in [0.4, 0.5) is 0 Å². The second-order valence-electron chi connectivity index (χ2n) is 3.96. The van der Waals surface area contributed by atoms with Crippen LogP contribution in [0.15, 0.2) is 0 Å². The van der Waals surface area contributed by atoms with Gasteiger partial charge in [0.2, 0.25) is 0 Å². The van der Waals surface area contributed by atoms with Gasteiger partial charge in [-0.1, -0.05) is 0 Å². The van der Waals surface area contributed by atoms with Gasteiger partial charge in [-0.05, 0) is 32.6 Å². The van der Waals surface area contributed by atoms with Gasteiger partial charge >= 0.3 is 0 Å². The molecule has 13 heavy (non-hydrogen) atoms. The van der Waals surface area contributed by atoms with Crippen LogP contribution in [0.25, 0.3) is 0 Å². The van der Waals surface area contributed by atoms with Crippen molar-refractivity contribution in [3.8, 4) is 0 Å². The molecule has 2 N–H and O–H groups in total. The smallest absolute Gasteiger partial charge is 0.253 e. The molecule has 2 rings (SSSR count). The summed E-state index contributed by atoms with van der Waals surface area (Å²) in [6.45, 7) is 2.85. The molecule has 0 aromatic heterocycles. The number of nitrogens with one attached hydrogen (secondary N) is 2. The van der Waals surface area contributed by atoms with Gasteiger partial charge in [-0.3, -0.25) is 4.79 Å². The Morgan fingerprint density at radius 1 is 1.69 bits per heavy atom. The van der Waals surface area contributed by atoms with Gasteiger partial charge in [0.15, 0.2) is 5.11 Å². The van der Waals surface area contributed by atoms with E-state index in [1.807, 2.05) is 7.05 Å². The number of amides is 1. The lowest BCUT2D eigenvalue weighted by molar-refractivity contribution is -0.123. The molecule has 2 aliphatic rings. The summed E-state index contributed by atoms with van der Waals surface area (Å²) in [6, 6.07) is 0.430. The lowest BCUT2D eigenvalue weighted by atomic mass is 9.97. The lowest BCUT2D eigenvalue weighted by Crippen LogP contribution is -2.48. The number of rotatable bonds is 0. The SMILES string of the molecule is CC1CC2(CN1C)NC(=S)NC2=O. The van der Waals surface area contributed by atoms with Crippen LogP contribution in [0.5, 0.6) is 0 Å². The van der Waals surface area contributed by atoms with Crippen LogP contribution in [0.3, 0.4) is 0 Å². The Hall–Kier alpha value is -0.680. The van der Waals surface area contributed by atoms with Crippen molar-refractivity contribution in [3.63, 3.8) is 0 Å². The molecule has 5 heteroatoms. The van der Waals surface area contributed by atoms with Crippen molar-refractivity contribution in [3.05, 3.63) is 0 Å². The molecular formula is C8H13N3OS. The fourth-order valence-corrected chi connectivity index (χ4v) is 2.38. The standard InChI is InChI=1S/C8H13N3OS/c1-5-3-8(4-11(5)2)6(12)9-7(13)10-8/h5H,3-4H2,1-2H3,(H2,9,10,12,13). The van der Waals surface area contributed by atoms with E-state index in [4.69, 9.17) is 12.2 Å². The third-order valence-electron chi connectivity index (χ3n) is 2.93. The number of carbonyl (C=O) groups is 1. The van der Waals surface area contributed by atoms with Crippen molar-refractivity contribution in [2.24, 2.45) is 0 Å². The maximum absolute atomic E-state index is 11.6. The van der Waals surface area contributed by atoms with Crippen LogP contribution < -0.4 is 10.6 Å². The van der Waals surface area contributed by atoms with Crippen LogP contribution >= 0.6 is 12.2 Å². The monoisotopic (exact) mass is 199 g/mol. The number of likely N-dealkylation sites (tertiary alicyclic amines) is 1. The molecule has 0 radical (unpaired) electrons. The number of thiocarbonyl (C=S) groups is 1. The molecule has 2 heterocycles. The first-order chi connectivity index (χ1) is 6.03. The third-order valence-corrected chi connectivity index (χ3v) is 3.13. The van der Waals surface area contributed by atoms with Gasteiger partial charge in [0, 0.05) is 12.6 Å². The first kappa shape index (κ1) is 8.90. The van der Waals surface area contributed by atoms with Crippen molar-refractivity contribution in [2.45, 2.75) is 24.9 Å². The zero-order chi connectivity index (χ0) is 9.64. The minimum atomic E-state index is -0.453. The maximum Gasteiger partial charge on any atom is 0.253 e. The van der Waals surface area contributed by atoms with E-state index in [2.05, 4.69) is 22.5 Å². The number of likely N-dealkylation sites (N-methyl/N-ethyl adjacent to an activating group) is 1. The molecule has 4 nitrogen and oxygen atoms in total. The molecule has 1 amide bonds. The molecule has 2 fully saturated rings. The van der Waals surface area contributed by atoms with Crippen molar-refractivity contribution in [1.29, 1.82) is 0 Å². The van der Waals surface area contributed by atoms with Crippen molar-refractivity contribution in [1.82, 2.24) is 15.5 Å². The average molecular weight is 199 g/mol. The van der Waals surface area contributed by atoms with Crippen LogP contribution in [0.2, 0.25) is 0 Å². The molecular weight excluding hydrogens is 186 g/mol. The predicted octanol–water partition coefficient (Wildman–Crippen LogP) is -0.547. The number of hydrogen-bond acceptors (Lipinski definition) is 3. The van der Waals surface area contributed by atoms with Crippen LogP contribution in [-0.4, -0.2) is 41.1 Å². The summed E-state index contributed by atoms with van der Waals surface area (Å²) in [4.78, 5) is 13.8. The third kappa shape index (κ3) is 1.23. The van der Waals surface area contributed by atoms with Gasteiger partial charge in [0.1, 0.15) is 5.54 Å². The van der Waals surface area contributed by atoms with Crippen LogP contribution in [0.1, 0.15) is 13.3 Å². The van der Waals surface area contributed by atoms with E-state index < -0.39 is 5.54 Å². The number of nitrogens with zero attached hydrogens (tertiary/aromatic N) is 1. The molecule has 2 atom stereocenters. The molecule has 0 aliphatic carbocycles. The fraction of sp³-hybridized carbons (Fsp3) is 0.750.